The fourth-order valence-corrected chi connectivity index (χ4v) is 5.89. The van der Waals surface area contributed by atoms with Gasteiger partial charge in [0.1, 0.15) is 0 Å². The van der Waals surface area contributed by atoms with Crippen LogP contribution in [0.4, 0.5) is 17.3 Å². The third-order valence-electron chi connectivity index (χ3n) is 6.92. The standard InChI is InChI=1S/C33H34N6O3S/c1-24(2)23-31(40)38-19-21-39(22-20-38)32(41)26-11-13-27(14-12-26)35-33-34-18-17-30(36-33)25-9-15-28(16-10-25)37-43(3,42)29-7-5-4-6-8-29/h4-18,23H,3,19-22H2,1-2H3,(H,37,42)(H,34,35,36). The first kappa shape index (κ1) is 29.5. The summed E-state index contributed by atoms with van der Waals surface area (Å²) in [7, 11) is -2.68. The fourth-order valence-electron chi connectivity index (χ4n) is 4.65. The highest BCUT2D eigenvalue weighted by Crippen LogP contribution is 2.23. The zero-order valence-corrected chi connectivity index (χ0v) is 25.0. The van der Waals surface area contributed by atoms with Gasteiger partial charge in [0.25, 0.3) is 5.91 Å². The number of hydrogen-bond acceptors (Lipinski definition) is 6. The normalized spacial score (nSPS) is 14.4. The number of allylic oxidation sites excluding steroid dienone is 1. The van der Waals surface area contributed by atoms with Crippen molar-refractivity contribution < 1.29 is 13.8 Å². The maximum Gasteiger partial charge on any atom is 0.253 e. The smallest absolute Gasteiger partial charge is 0.253 e. The Hall–Kier alpha value is -4.96. The lowest BCUT2D eigenvalue weighted by Gasteiger charge is -2.34. The molecule has 1 saturated heterocycles. The zero-order valence-electron chi connectivity index (χ0n) is 24.2. The molecule has 10 heteroatoms. The van der Waals surface area contributed by atoms with Crippen LogP contribution in [0.1, 0.15) is 24.2 Å². The van der Waals surface area contributed by atoms with E-state index in [9.17, 15) is 13.8 Å². The second-order valence-electron chi connectivity index (χ2n) is 10.5. The lowest BCUT2D eigenvalue weighted by Crippen LogP contribution is -2.50. The average molecular weight is 595 g/mol. The number of carbonyl (C=O) groups excluding carboxylic acids is 2. The summed E-state index contributed by atoms with van der Waals surface area (Å²) in [5.74, 6) is 4.22. The monoisotopic (exact) mass is 594 g/mol. The summed E-state index contributed by atoms with van der Waals surface area (Å²) in [5, 5.41) is 3.20. The van der Waals surface area contributed by atoms with E-state index in [1.807, 2.05) is 74.5 Å². The molecule has 43 heavy (non-hydrogen) atoms. The minimum atomic E-state index is -2.68. The number of aromatic nitrogens is 2. The summed E-state index contributed by atoms with van der Waals surface area (Å²) < 4.78 is 16.1. The van der Waals surface area contributed by atoms with Gasteiger partial charge in [-0.25, -0.2) is 14.2 Å². The molecule has 1 atom stereocenters. The Labute approximate surface area is 252 Å². The van der Waals surface area contributed by atoms with Gasteiger partial charge in [-0.2, -0.15) is 0 Å². The Kier molecular flexibility index (Phi) is 8.87. The summed E-state index contributed by atoms with van der Waals surface area (Å²) in [4.78, 5) is 38.5. The lowest BCUT2D eigenvalue weighted by atomic mass is 10.1. The number of carbonyl (C=O) groups is 2. The van der Waals surface area contributed by atoms with E-state index in [-0.39, 0.29) is 11.8 Å². The van der Waals surface area contributed by atoms with E-state index in [0.717, 1.165) is 22.5 Å². The van der Waals surface area contributed by atoms with E-state index in [2.05, 4.69) is 25.9 Å². The molecule has 1 aliphatic heterocycles. The van der Waals surface area contributed by atoms with Crippen LogP contribution in [0.2, 0.25) is 0 Å². The number of nitrogens with one attached hydrogen (secondary N) is 2. The average Bonchev–Trinajstić information content (AvgIpc) is 3.02. The third-order valence-corrected chi connectivity index (χ3v) is 8.52. The van der Waals surface area contributed by atoms with Crippen molar-refractivity contribution in [3.05, 3.63) is 108 Å². The summed E-state index contributed by atoms with van der Waals surface area (Å²) in [6.07, 6.45) is 3.31. The first-order chi connectivity index (χ1) is 20.7. The van der Waals surface area contributed by atoms with Crippen molar-refractivity contribution in [2.24, 2.45) is 0 Å². The van der Waals surface area contributed by atoms with Crippen LogP contribution in [0.25, 0.3) is 11.3 Å². The molecule has 0 radical (unpaired) electrons. The number of hydrogen-bond donors (Lipinski definition) is 2. The first-order valence-electron chi connectivity index (χ1n) is 13.9. The highest BCUT2D eigenvalue weighted by atomic mass is 32.2. The van der Waals surface area contributed by atoms with Crippen molar-refractivity contribution in [2.45, 2.75) is 18.7 Å². The van der Waals surface area contributed by atoms with E-state index < -0.39 is 9.71 Å². The Balaban J connectivity index is 1.19. The minimum absolute atomic E-state index is 0.00748. The van der Waals surface area contributed by atoms with Crippen molar-refractivity contribution in [1.82, 2.24) is 19.8 Å². The number of benzene rings is 3. The van der Waals surface area contributed by atoms with Crippen molar-refractivity contribution in [3.63, 3.8) is 0 Å². The second kappa shape index (κ2) is 12.9. The molecule has 1 unspecified atom stereocenters. The molecule has 0 saturated carbocycles. The Morgan fingerprint density at radius 3 is 2.12 bits per heavy atom. The SMILES string of the molecule is C=S(=O)(Nc1ccc(-c2ccnc(Nc3ccc(C(=O)N4CCN(C(=O)C=C(C)C)CC4)cc3)n2)cc1)c1ccccc1. The molecule has 1 fully saturated rings. The molecule has 1 aromatic heterocycles. The number of nitrogens with zero attached hydrogens (tertiary/aromatic N) is 4. The van der Waals surface area contributed by atoms with Crippen molar-refractivity contribution in [2.75, 3.05) is 36.2 Å². The van der Waals surface area contributed by atoms with Gasteiger partial charge in [-0.05, 0) is 74.3 Å². The van der Waals surface area contributed by atoms with Gasteiger partial charge in [0.15, 0.2) is 0 Å². The van der Waals surface area contributed by atoms with E-state index in [1.54, 1.807) is 46.3 Å². The molecular formula is C33H34N6O3S. The molecule has 1 aliphatic rings. The summed E-state index contributed by atoms with van der Waals surface area (Å²) in [6, 6.07) is 25.6. The van der Waals surface area contributed by atoms with Crippen LogP contribution in [0.3, 0.4) is 0 Å². The van der Waals surface area contributed by atoms with Gasteiger partial charge in [0.05, 0.1) is 15.4 Å². The topological polar surface area (TPSA) is 108 Å². The fraction of sp³-hybridized carbons (Fsp3) is 0.182. The number of amides is 2. The summed E-state index contributed by atoms with van der Waals surface area (Å²) in [6.45, 7) is 5.83. The molecule has 9 nitrogen and oxygen atoms in total. The molecule has 0 bridgehead atoms. The molecule has 0 spiro atoms. The van der Waals surface area contributed by atoms with Gasteiger partial charge in [-0.1, -0.05) is 35.9 Å². The summed E-state index contributed by atoms with van der Waals surface area (Å²) in [5.41, 5.74) is 4.57. The largest absolute Gasteiger partial charge is 0.336 e. The van der Waals surface area contributed by atoms with Crippen molar-refractivity contribution in [3.8, 4) is 11.3 Å². The van der Waals surface area contributed by atoms with Crippen molar-refractivity contribution >= 4 is 44.7 Å². The quantitative estimate of drug-likeness (QED) is 0.213. The van der Waals surface area contributed by atoms with Crippen LogP contribution in [0.15, 0.2) is 108 Å². The summed E-state index contributed by atoms with van der Waals surface area (Å²) >= 11 is 0. The van der Waals surface area contributed by atoms with Crippen LogP contribution < -0.4 is 10.0 Å². The lowest BCUT2D eigenvalue weighted by molar-refractivity contribution is -0.127. The second-order valence-corrected chi connectivity index (χ2v) is 12.5. The Morgan fingerprint density at radius 1 is 0.837 bits per heavy atom. The van der Waals surface area contributed by atoms with Gasteiger partial charge < -0.3 is 19.8 Å². The first-order valence-corrected chi connectivity index (χ1v) is 15.6. The van der Waals surface area contributed by atoms with Crippen molar-refractivity contribution in [1.29, 1.82) is 0 Å². The highest BCUT2D eigenvalue weighted by molar-refractivity contribution is 8.01. The molecule has 0 aliphatic carbocycles. The van der Waals surface area contributed by atoms with E-state index >= 15 is 0 Å². The molecular weight excluding hydrogens is 560 g/mol. The van der Waals surface area contributed by atoms with E-state index in [1.165, 1.54) is 0 Å². The molecule has 220 valence electrons. The van der Waals surface area contributed by atoms with Gasteiger partial charge in [0, 0.05) is 65.8 Å². The van der Waals surface area contributed by atoms with Crippen LogP contribution in [0, 0.1) is 0 Å². The third kappa shape index (κ3) is 7.47. The van der Waals surface area contributed by atoms with Gasteiger partial charge >= 0.3 is 0 Å². The number of rotatable bonds is 8. The van der Waals surface area contributed by atoms with Gasteiger partial charge in [-0.3, -0.25) is 9.59 Å². The number of piperazine rings is 1. The Morgan fingerprint density at radius 2 is 1.47 bits per heavy atom. The molecule has 3 aromatic carbocycles. The van der Waals surface area contributed by atoms with E-state index in [4.69, 9.17) is 0 Å². The predicted molar refractivity (Wildman–Crippen MR) is 173 cm³/mol. The van der Waals surface area contributed by atoms with Crippen LogP contribution >= 0.6 is 0 Å². The highest BCUT2D eigenvalue weighted by Gasteiger charge is 2.24. The van der Waals surface area contributed by atoms with Crippen LogP contribution in [0.5, 0.6) is 0 Å². The molecule has 4 aromatic rings. The maximum atomic E-state index is 13.0. The molecule has 5 rings (SSSR count). The van der Waals surface area contributed by atoms with Gasteiger partial charge in [0.2, 0.25) is 11.9 Å². The van der Waals surface area contributed by atoms with E-state index in [0.29, 0.717) is 48.3 Å². The van der Waals surface area contributed by atoms with Crippen LogP contribution in [-0.2, 0) is 14.5 Å². The zero-order chi connectivity index (χ0) is 30.4. The molecule has 2 heterocycles. The minimum Gasteiger partial charge on any atom is -0.336 e. The molecule has 2 amide bonds. The predicted octanol–water partition coefficient (Wildman–Crippen LogP) is 5.24. The molecule has 2 N–H and O–H groups in total. The van der Waals surface area contributed by atoms with Crippen LogP contribution in [-0.4, -0.2) is 67.8 Å². The van der Waals surface area contributed by atoms with Gasteiger partial charge in [-0.15, -0.1) is 0 Å². The Bertz CT molecular complexity index is 1730. The number of anilines is 3. The maximum absolute atomic E-state index is 13.0.